The number of hydrogen-bond donors (Lipinski definition) is 15. The normalized spacial score (nSPS) is 32.4. The Balaban J connectivity index is 1.32. The molecule has 0 bridgehead atoms. The molecule has 4 aliphatic rings. The van der Waals surface area contributed by atoms with E-state index < -0.39 is 174 Å². The molecule has 4 aliphatic heterocycles. The zero-order chi connectivity index (χ0) is 67.9. The second kappa shape index (κ2) is 48.6. The van der Waals surface area contributed by atoms with Crippen LogP contribution in [0.1, 0.15) is 239 Å². The van der Waals surface area contributed by atoms with Crippen LogP contribution in [0.15, 0.2) is 12.2 Å². The molecule has 4 heterocycles. The maximum Gasteiger partial charge on any atom is 0.220 e. The van der Waals surface area contributed by atoms with Gasteiger partial charge >= 0.3 is 0 Å². The standard InChI is InChI=1S/C68H126N2O23/c1-4-6-8-10-12-14-16-18-19-20-21-22-23-24-25-27-29-31-33-35-37-39-52(77)70-46(47(76)38-36-34-32-30-28-26-17-15-13-11-9-7-5-2)44-86-66-60(84)58(82)63(51(43-74)90-66)92-68-61(85)64(55(79)49(41-72)88-68)93-65-53(69-45(3)75)56(80)62(50(42-73)89-65)91-67-59(83)57(81)54(78)48(40-71)87-67/h36,38,46-51,53-68,71-74,76,78-85H,4-35,37,39-44H2,1-3H3,(H,69,75)(H,70,77)/b38-36+/t46-,47+,48?,49?,50?,51?,53?,54-,55-,56+,57-,58+,59?,60?,61?,62+,63+,64-,65-,66+,67-,68-/m0/s1. The van der Waals surface area contributed by atoms with Gasteiger partial charge in [-0.15, -0.1) is 0 Å². The molecule has 2 amide bonds. The summed E-state index contributed by atoms with van der Waals surface area (Å²) in [4.78, 5) is 26.0. The topological polar surface area (TPSA) is 395 Å². The van der Waals surface area contributed by atoms with E-state index in [0.29, 0.717) is 12.8 Å². The Morgan fingerprint density at radius 3 is 1.25 bits per heavy atom. The van der Waals surface area contributed by atoms with Gasteiger partial charge in [0, 0.05) is 13.3 Å². The van der Waals surface area contributed by atoms with Crippen molar-refractivity contribution in [3.8, 4) is 0 Å². The number of aliphatic hydroxyl groups excluding tert-OH is 13. The molecule has 0 saturated carbocycles. The Morgan fingerprint density at radius 2 is 0.796 bits per heavy atom. The molecule has 25 heteroatoms. The van der Waals surface area contributed by atoms with Crippen molar-refractivity contribution in [1.29, 1.82) is 0 Å². The van der Waals surface area contributed by atoms with Gasteiger partial charge in [-0.05, 0) is 19.3 Å². The van der Waals surface area contributed by atoms with E-state index >= 15 is 0 Å². The van der Waals surface area contributed by atoms with Crippen molar-refractivity contribution in [2.45, 2.75) is 374 Å². The molecule has 4 fully saturated rings. The molecule has 15 N–H and O–H groups in total. The van der Waals surface area contributed by atoms with Gasteiger partial charge in [0.15, 0.2) is 25.2 Å². The summed E-state index contributed by atoms with van der Waals surface area (Å²) in [5.74, 6) is -1.07. The maximum atomic E-state index is 13.5. The van der Waals surface area contributed by atoms with Crippen LogP contribution < -0.4 is 10.6 Å². The lowest BCUT2D eigenvalue weighted by atomic mass is 9.94. The van der Waals surface area contributed by atoms with Crippen molar-refractivity contribution < 1.29 is 114 Å². The fourth-order valence-electron chi connectivity index (χ4n) is 12.8. The average Bonchev–Trinajstić information content (AvgIpc) is 0.784. The smallest absolute Gasteiger partial charge is 0.220 e. The lowest BCUT2D eigenvalue weighted by molar-refractivity contribution is -0.381. The van der Waals surface area contributed by atoms with E-state index in [9.17, 15) is 76.0 Å². The molecule has 25 nitrogen and oxygen atoms in total. The number of unbranched alkanes of at least 4 members (excludes halogenated alkanes) is 31. The highest BCUT2D eigenvalue weighted by molar-refractivity contribution is 5.76. The Labute approximate surface area is 553 Å². The zero-order valence-corrected chi connectivity index (χ0v) is 56.3. The summed E-state index contributed by atoms with van der Waals surface area (Å²) < 4.78 is 46.7. The first-order chi connectivity index (χ1) is 45.0. The van der Waals surface area contributed by atoms with E-state index in [1.54, 1.807) is 6.08 Å². The molecule has 4 rings (SSSR count). The Morgan fingerprint density at radius 1 is 0.419 bits per heavy atom. The molecule has 0 radical (unpaired) electrons. The van der Waals surface area contributed by atoms with Gasteiger partial charge in [-0.25, -0.2) is 0 Å². The van der Waals surface area contributed by atoms with Gasteiger partial charge in [0.1, 0.15) is 97.6 Å². The summed E-state index contributed by atoms with van der Waals surface area (Å²) >= 11 is 0. The molecule has 93 heavy (non-hydrogen) atoms. The van der Waals surface area contributed by atoms with Crippen LogP contribution >= 0.6 is 0 Å². The summed E-state index contributed by atoms with van der Waals surface area (Å²) in [6.07, 6.45) is 8.44. The van der Waals surface area contributed by atoms with Crippen LogP contribution in [0.4, 0.5) is 0 Å². The first-order valence-corrected chi connectivity index (χ1v) is 35.9. The average molecular weight is 1340 g/mol. The molecule has 8 unspecified atom stereocenters. The minimum atomic E-state index is -2.09. The van der Waals surface area contributed by atoms with E-state index in [2.05, 4.69) is 24.5 Å². The molecule has 546 valence electrons. The highest BCUT2D eigenvalue weighted by Gasteiger charge is 2.56. The van der Waals surface area contributed by atoms with Crippen molar-refractivity contribution in [3.05, 3.63) is 12.2 Å². The lowest BCUT2D eigenvalue weighted by Crippen LogP contribution is -2.69. The van der Waals surface area contributed by atoms with Gasteiger partial charge in [-0.1, -0.05) is 219 Å². The molecule has 22 atom stereocenters. The molecular weight excluding hydrogens is 1210 g/mol. The van der Waals surface area contributed by atoms with Crippen LogP contribution in [0.2, 0.25) is 0 Å². The highest BCUT2D eigenvalue weighted by Crippen LogP contribution is 2.35. The summed E-state index contributed by atoms with van der Waals surface area (Å²) in [6, 6.07) is -2.68. The van der Waals surface area contributed by atoms with Crippen LogP contribution in [0.25, 0.3) is 0 Å². The molecule has 0 aliphatic carbocycles. The minimum absolute atomic E-state index is 0.214. The van der Waals surface area contributed by atoms with E-state index in [1.807, 2.05) is 6.08 Å². The Bertz CT molecular complexity index is 1930. The van der Waals surface area contributed by atoms with E-state index in [-0.39, 0.29) is 12.3 Å². The highest BCUT2D eigenvalue weighted by atomic mass is 16.8. The minimum Gasteiger partial charge on any atom is -0.394 e. The zero-order valence-electron chi connectivity index (χ0n) is 56.3. The fourth-order valence-corrected chi connectivity index (χ4v) is 12.8. The number of aliphatic hydroxyl groups is 13. The number of amides is 2. The fraction of sp³-hybridized carbons (Fsp3) is 0.941. The van der Waals surface area contributed by atoms with Crippen LogP contribution in [-0.4, -0.2) is 246 Å². The van der Waals surface area contributed by atoms with Crippen molar-refractivity contribution in [2.24, 2.45) is 0 Å². The summed E-state index contributed by atoms with van der Waals surface area (Å²) in [7, 11) is 0. The molecule has 0 spiro atoms. The van der Waals surface area contributed by atoms with E-state index in [4.69, 9.17) is 37.9 Å². The third-order valence-corrected chi connectivity index (χ3v) is 18.6. The SMILES string of the molecule is CCCCCCCCCCCCC/C=C/[C@@H](O)[C@H](CO[C@@H]1OC(CO)[C@@H](O[C@@H]2OC(CO)[C@H](O)[C@H](O[C@@H]3OC(CO)[C@@H](O[C@@H]4OC(CO)[C@H](O)[C@H](O)C4O)[C@H](O)C3NC(C)=O)C2O)[C@H](O)C1O)NC(=O)CCCCCCCCCCCCCCCCCCCCCCC. The van der Waals surface area contributed by atoms with Crippen LogP contribution in [0.5, 0.6) is 0 Å². The largest absolute Gasteiger partial charge is 0.394 e. The Kier molecular flexibility index (Phi) is 43.5. The summed E-state index contributed by atoms with van der Waals surface area (Å²) in [6.45, 7) is 1.61. The van der Waals surface area contributed by atoms with Crippen molar-refractivity contribution in [3.63, 3.8) is 0 Å². The number of hydrogen-bond acceptors (Lipinski definition) is 23. The first kappa shape index (κ1) is 83.3. The lowest BCUT2D eigenvalue weighted by Gasteiger charge is -2.50. The second-order valence-electron chi connectivity index (χ2n) is 26.4. The van der Waals surface area contributed by atoms with Gasteiger partial charge in [-0.2, -0.15) is 0 Å². The second-order valence-corrected chi connectivity index (χ2v) is 26.4. The molecule has 0 aromatic heterocycles. The monoisotopic (exact) mass is 1340 g/mol. The van der Waals surface area contributed by atoms with Crippen molar-refractivity contribution in [1.82, 2.24) is 10.6 Å². The van der Waals surface area contributed by atoms with Gasteiger partial charge in [0.2, 0.25) is 11.8 Å². The number of carbonyl (C=O) groups is 2. The van der Waals surface area contributed by atoms with Gasteiger partial charge in [0.05, 0.1) is 45.2 Å². The molecule has 4 saturated heterocycles. The number of carbonyl (C=O) groups excluding carboxylic acids is 2. The quantitative estimate of drug-likeness (QED) is 0.0301. The number of rotatable bonds is 51. The summed E-state index contributed by atoms with van der Waals surface area (Å²) in [5, 5.41) is 147. The van der Waals surface area contributed by atoms with Gasteiger partial charge in [0.25, 0.3) is 0 Å². The van der Waals surface area contributed by atoms with Gasteiger partial charge in [-0.3, -0.25) is 9.59 Å². The van der Waals surface area contributed by atoms with Crippen LogP contribution in [-0.2, 0) is 47.5 Å². The Hall–Kier alpha value is -2.16. The third-order valence-electron chi connectivity index (χ3n) is 18.6. The number of ether oxygens (including phenoxy) is 8. The first-order valence-electron chi connectivity index (χ1n) is 35.9. The van der Waals surface area contributed by atoms with Crippen molar-refractivity contribution >= 4 is 11.8 Å². The van der Waals surface area contributed by atoms with Crippen LogP contribution in [0.3, 0.4) is 0 Å². The maximum absolute atomic E-state index is 13.5. The predicted molar refractivity (Wildman–Crippen MR) is 345 cm³/mol. The molecular formula is C68H126N2O23. The number of allylic oxidation sites excluding steroid dienone is 1. The van der Waals surface area contributed by atoms with Crippen LogP contribution in [0, 0.1) is 0 Å². The van der Waals surface area contributed by atoms with E-state index in [1.165, 1.54) is 154 Å². The summed E-state index contributed by atoms with van der Waals surface area (Å²) in [5.41, 5.74) is 0. The molecule has 0 aromatic carbocycles. The van der Waals surface area contributed by atoms with Crippen molar-refractivity contribution in [2.75, 3.05) is 33.0 Å². The third kappa shape index (κ3) is 29.7. The number of nitrogens with one attached hydrogen (secondary N) is 2. The van der Waals surface area contributed by atoms with Gasteiger partial charge < -0.3 is 115 Å². The predicted octanol–water partition coefficient (Wildman–Crippen LogP) is 4.12. The van der Waals surface area contributed by atoms with E-state index in [0.717, 1.165) is 51.9 Å². The molecule has 0 aromatic rings.